The zero-order valence-electron chi connectivity index (χ0n) is 11.2. The number of halogens is 3. The first-order valence-electron chi connectivity index (χ1n) is 6.29. The lowest BCUT2D eigenvalue weighted by Crippen LogP contribution is -2.09. The van der Waals surface area contributed by atoms with Crippen LogP contribution >= 0.6 is 27.5 Å². The average molecular weight is 362 g/mol. The molecule has 3 nitrogen and oxygen atoms in total. The molecule has 0 amide bonds. The molecule has 20 heavy (non-hydrogen) atoms. The second kappa shape index (κ2) is 6.24. The van der Waals surface area contributed by atoms with Crippen LogP contribution in [0.5, 0.6) is 0 Å². The third-order valence-corrected chi connectivity index (χ3v) is 4.61. The Morgan fingerprint density at radius 1 is 1.50 bits per heavy atom. The quantitative estimate of drug-likeness (QED) is 0.892. The molecule has 0 saturated heterocycles. The van der Waals surface area contributed by atoms with Crippen molar-refractivity contribution in [3.8, 4) is 0 Å². The molecule has 2 aromatic rings. The molecule has 0 aliphatic heterocycles. The molecule has 1 N–H and O–H groups in total. The van der Waals surface area contributed by atoms with Gasteiger partial charge < -0.3 is 5.11 Å². The SMILES string of the molecule is CCn1nc(C)c(Br)c1CC(O)c1cccc(F)c1Cl. The molecule has 0 saturated carbocycles. The second-order valence-electron chi connectivity index (χ2n) is 4.52. The summed E-state index contributed by atoms with van der Waals surface area (Å²) in [4.78, 5) is 0. The highest BCUT2D eigenvalue weighted by atomic mass is 79.9. The Labute approximate surface area is 130 Å². The zero-order chi connectivity index (χ0) is 14.9. The molecule has 0 bridgehead atoms. The minimum absolute atomic E-state index is 0.0320. The maximum absolute atomic E-state index is 13.4. The molecular weight excluding hydrogens is 347 g/mol. The minimum Gasteiger partial charge on any atom is -0.388 e. The number of aliphatic hydroxyl groups excluding tert-OH is 1. The van der Waals surface area contributed by atoms with Gasteiger partial charge in [0, 0.05) is 18.5 Å². The van der Waals surface area contributed by atoms with Gasteiger partial charge in [-0.3, -0.25) is 4.68 Å². The van der Waals surface area contributed by atoms with Gasteiger partial charge in [0.2, 0.25) is 0 Å². The van der Waals surface area contributed by atoms with Crippen molar-refractivity contribution in [2.45, 2.75) is 32.9 Å². The van der Waals surface area contributed by atoms with Gasteiger partial charge in [-0.2, -0.15) is 5.10 Å². The highest BCUT2D eigenvalue weighted by Crippen LogP contribution is 2.30. The predicted octanol–water partition coefficient (Wildman–Crippen LogP) is 4.04. The number of hydrogen-bond acceptors (Lipinski definition) is 2. The molecule has 108 valence electrons. The summed E-state index contributed by atoms with van der Waals surface area (Å²) in [6.45, 7) is 4.57. The van der Waals surface area contributed by atoms with Gasteiger partial charge in [-0.15, -0.1) is 0 Å². The smallest absolute Gasteiger partial charge is 0.142 e. The van der Waals surface area contributed by atoms with Crippen molar-refractivity contribution in [3.63, 3.8) is 0 Å². The third kappa shape index (κ3) is 2.90. The normalized spacial score (nSPS) is 12.7. The Morgan fingerprint density at radius 2 is 2.20 bits per heavy atom. The van der Waals surface area contributed by atoms with Crippen LogP contribution in [0, 0.1) is 12.7 Å². The van der Waals surface area contributed by atoms with Crippen molar-refractivity contribution < 1.29 is 9.50 Å². The summed E-state index contributed by atoms with van der Waals surface area (Å²) in [6.07, 6.45) is -0.561. The molecular formula is C14H15BrClFN2O. The van der Waals surface area contributed by atoms with Gasteiger partial charge in [-0.25, -0.2) is 4.39 Å². The van der Waals surface area contributed by atoms with Crippen LogP contribution in [-0.2, 0) is 13.0 Å². The number of benzene rings is 1. The van der Waals surface area contributed by atoms with E-state index in [0.717, 1.165) is 15.9 Å². The van der Waals surface area contributed by atoms with Crippen LogP contribution in [-0.4, -0.2) is 14.9 Å². The van der Waals surface area contributed by atoms with Crippen LogP contribution in [0.3, 0.4) is 0 Å². The van der Waals surface area contributed by atoms with Gasteiger partial charge in [0.1, 0.15) is 5.82 Å². The summed E-state index contributed by atoms with van der Waals surface area (Å²) in [7, 11) is 0. The molecule has 1 aromatic carbocycles. The molecule has 0 spiro atoms. The van der Waals surface area contributed by atoms with E-state index in [1.54, 1.807) is 6.07 Å². The Balaban J connectivity index is 2.32. The predicted molar refractivity (Wildman–Crippen MR) is 80.4 cm³/mol. The molecule has 6 heteroatoms. The number of aromatic nitrogens is 2. The molecule has 0 fully saturated rings. The summed E-state index contributed by atoms with van der Waals surface area (Å²) in [5.41, 5.74) is 2.12. The molecule has 1 unspecified atom stereocenters. The van der Waals surface area contributed by atoms with Crippen LogP contribution in [0.4, 0.5) is 4.39 Å². The van der Waals surface area contributed by atoms with E-state index >= 15 is 0 Å². The first-order valence-corrected chi connectivity index (χ1v) is 7.46. The lowest BCUT2D eigenvalue weighted by atomic mass is 10.0. The summed E-state index contributed by atoms with van der Waals surface area (Å²) in [5.74, 6) is -0.525. The molecule has 1 heterocycles. The fourth-order valence-electron chi connectivity index (χ4n) is 2.13. The lowest BCUT2D eigenvalue weighted by molar-refractivity contribution is 0.175. The van der Waals surface area contributed by atoms with E-state index in [1.807, 2.05) is 18.5 Å². The number of rotatable bonds is 4. The Hall–Kier alpha value is -0.910. The standard InChI is InChI=1S/C14H15BrClFN2O/c1-3-19-11(13(15)8(2)18-19)7-12(20)9-5-4-6-10(17)14(9)16/h4-6,12,20H,3,7H2,1-2H3. The van der Waals surface area contributed by atoms with Crippen molar-refractivity contribution in [2.24, 2.45) is 0 Å². The second-order valence-corrected chi connectivity index (χ2v) is 5.70. The molecule has 1 aromatic heterocycles. The highest BCUT2D eigenvalue weighted by molar-refractivity contribution is 9.10. The van der Waals surface area contributed by atoms with E-state index in [-0.39, 0.29) is 5.02 Å². The van der Waals surface area contributed by atoms with E-state index in [2.05, 4.69) is 21.0 Å². The zero-order valence-corrected chi connectivity index (χ0v) is 13.5. The van der Waals surface area contributed by atoms with Crippen molar-refractivity contribution in [2.75, 3.05) is 0 Å². The maximum atomic E-state index is 13.4. The maximum Gasteiger partial charge on any atom is 0.142 e. The molecule has 1 atom stereocenters. The van der Waals surface area contributed by atoms with E-state index in [0.29, 0.717) is 18.5 Å². The Morgan fingerprint density at radius 3 is 2.85 bits per heavy atom. The fourth-order valence-corrected chi connectivity index (χ4v) is 2.83. The highest BCUT2D eigenvalue weighted by Gasteiger charge is 2.20. The van der Waals surface area contributed by atoms with E-state index in [4.69, 9.17) is 11.6 Å². The average Bonchev–Trinajstić information content (AvgIpc) is 2.69. The van der Waals surface area contributed by atoms with Gasteiger partial charge in [-0.05, 0) is 35.8 Å². The Bertz CT molecular complexity index is 630. The largest absolute Gasteiger partial charge is 0.388 e. The summed E-state index contributed by atoms with van der Waals surface area (Å²) < 4.78 is 16.1. The molecule has 2 rings (SSSR count). The van der Waals surface area contributed by atoms with Gasteiger partial charge in [0.05, 0.1) is 27.0 Å². The van der Waals surface area contributed by atoms with Crippen LogP contribution < -0.4 is 0 Å². The third-order valence-electron chi connectivity index (χ3n) is 3.18. The van der Waals surface area contributed by atoms with Crippen molar-refractivity contribution in [3.05, 3.63) is 50.5 Å². The Kier molecular flexibility index (Phi) is 4.83. The number of aliphatic hydroxyl groups is 1. The topological polar surface area (TPSA) is 38.0 Å². The minimum atomic E-state index is -0.879. The summed E-state index contributed by atoms with van der Waals surface area (Å²) in [5, 5.41) is 14.7. The van der Waals surface area contributed by atoms with Crippen LogP contribution in [0.2, 0.25) is 5.02 Å². The molecule has 0 aliphatic rings. The van der Waals surface area contributed by atoms with Crippen LogP contribution in [0.15, 0.2) is 22.7 Å². The first-order chi connectivity index (χ1) is 9.45. The van der Waals surface area contributed by atoms with Gasteiger partial charge >= 0.3 is 0 Å². The van der Waals surface area contributed by atoms with E-state index in [1.165, 1.54) is 12.1 Å². The van der Waals surface area contributed by atoms with Gasteiger partial charge in [-0.1, -0.05) is 23.7 Å². The van der Waals surface area contributed by atoms with Crippen LogP contribution in [0.1, 0.15) is 30.0 Å². The number of nitrogens with zero attached hydrogens (tertiary/aromatic N) is 2. The fraction of sp³-hybridized carbons (Fsp3) is 0.357. The van der Waals surface area contributed by atoms with E-state index < -0.39 is 11.9 Å². The summed E-state index contributed by atoms with van der Waals surface area (Å²) >= 11 is 9.38. The van der Waals surface area contributed by atoms with Crippen molar-refractivity contribution >= 4 is 27.5 Å². The lowest BCUT2D eigenvalue weighted by Gasteiger charge is -2.14. The van der Waals surface area contributed by atoms with E-state index in [9.17, 15) is 9.50 Å². The van der Waals surface area contributed by atoms with Crippen molar-refractivity contribution in [1.29, 1.82) is 0 Å². The van der Waals surface area contributed by atoms with Crippen LogP contribution in [0.25, 0.3) is 0 Å². The number of hydrogen-bond donors (Lipinski definition) is 1. The summed E-state index contributed by atoms with van der Waals surface area (Å²) in [6, 6.07) is 4.44. The van der Waals surface area contributed by atoms with Gasteiger partial charge in [0.15, 0.2) is 0 Å². The van der Waals surface area contributed by atoms with Crippen molar-refractivity contribution in [1.82, 2.24) is 9.78 Å². The first kappa shape index (κ1) is 15.5. The molecule has 0 radical (unpaired) electrons. The van der Waals surface area contributed by atoms with Gasteiger partial charge in [0.25, 0.3) is 0 Å². The molecule has 0 aliphatic carbocycles. The monoisotopic (exact) mass is 360 g/mol. The number of aryl methyl sites for hydroxylation is 2.